The standard InChI is InChI=1S/C29H32N2O6/c1-17-14-21(18(2)30-23-9-7-6-8-20(23)27(33)34)26-22(15-17)24(32)16-25(36-26)19-10-12-31(13-11-19)28(35)37-29(3,4)5/h6-10,14-16,18,30H,11-13H2,1-5H3,(H,33,34). The van der Waals surface area contributed by atoms with Crippen LogP contribution in [0.1, 0.15) is 67.4 Å². The molecule has 0 bridgehead atoms. The lowest BCUT2D eigenvalue weighted by Crippen LogP contribution is -2.39. The number of carbonyl (C=O) groups excluding carboxylic acids is 1. The molecule has 1 aromatic heterocycles. The van der Waals surface area contributed by atoms with Gasteiger partial charge in [-0.05, 0) is 70.4 Å². The molecule has 0 spiro atoms. The summed E-state index contributed by atoms with van der Waals surface area (Å²) in [4.78, 5) is 38.8. The fourth-order valence-corrected chi connectivity index (χ4v) is 4.41. The second kappa shape index (κ2) is 10.1. The SMILES string of the molecule is Cc1cc(C(C)Nc2ccccc2C(=O)O)c2oc(C3=CCN(C(=O)OC(C)(C)C)CC3)cc(=O)c2c1. The molecule has 1 amide bonds. The van der Waals surface area contributed by atoms with E-state index in [1.165, 1.54) is 6.07 Å². The molecular formula is C29H32N2O6. The Morgan fingerprint density at radius 3 is 2.54 bits per heavy atom. The quantitative estimate of drug-likeness (QED) is 0.439. The topological polar surface area (TPSA) is 109 Å². The average Bonchev–Trinajstić information content (AvgIpc) is 2.83. The number of nitrogens with zero attached hydrogens (tertiary/aromatic N) is 1. The van der Waals surface area contributed by atoms with Crippen LogP contribution in [0.25, 0.3) is 16.5 Å². The van der Waals surface area contributed by atoms with E-state index < -0.39 is 11.6 Å². The van der Waals surface area contributed by atoms with Gasteiger partial charge < -0.3 is 24.5 Å². The van der Waals surface area contributed by atoms with Crippen molar-refractivity contribution in [3.63, 3.8) is 0 Å². The molecule has 4 rings (SSSR count). The Balaban J connectivity index is 1.68. The van der Waals surface area contributed by atoms with Crippen LogP contribution < -0.4 is 10.7 Å². The number of aryl methyl sites for hydroxylation is 1. The molecule has 0 saturated heterocycles. The number of hydrogen-bond donors (Lipinski definition) is 2. The molecule has 8 nitrogen and oxygen atoms in total. The van der Waals surface area contributed by atoms with Gasteiger partial charge in [0, 0.05) is 30.4 Å². The maximum atomic E-state index is 13.1. The van der Waals surface area contributed by atoms with E-state index in [0.717, 1.165) is 16.7 Å². The number of benzene rings is 2. The monoisotopic (exact) mass is 504 g/mol. The van der Waals surface area contributed by atoms with Gasteiger partial charge in [0.15, 0.2) is 5.43 Å². The van der Waals surface area contributed by atoms with Gasteiger partial charge in [-0.3, -0.25) is 4.79 Å². The van der Waals surface area contributed by atoms with E-state index in [1.54, 1.807) is 35.2 Å². The summed E-state index contributed by atoms with van der Waals surface area (Å²) < 4.78 is 11.8. The molecule has 1 atom stereocenters. The predicted molar refractivity (Wildman–Crippen MR) is 143 cm³/mol. The molecule has 2 heterocycles. The van der Waals surface area contributed by atoms with Crippen molar-refractivity contribution in [3.8, 4) is 0 Å². The van der Waals surface area contributed by atoms with Crippen LogP contribution in [0.2, 0.25) is 0 Å². The Labute approximate surface area is 215 Å². The lowest BCUT2D eigenvalue weighted by molar-refractivity contribution is 0.0270. The van der Waals surface area contributed by atoms with Crippen LogP contribution in [0.4, 0.5) is 10.5 Å². The molecule has 0 aliphatic carbocycles. The number of ether oxygens (including phenoxy) is 1. The summed E-state index contributed by atoms with van der Waals surface area (Å²) in [5, 5.41) is 13.3. The maximum Gasteiger partial charge on any atom is 0.410 e. The van der Waals surface area contributed by atoms with Crippen molar-refractivity contribution in [3.05, 3.63) is 81.2 Å². The second-order valence-electron chi connectivity index (χ2n) is 10.3. The Morgan fingerprint density at radius 1 is 1.16 bits per heavy atom. The third-order valence-electron chi connectivity index (χ3n) is 6.17. The lowest BCUT2D eigenvalue weighted by Gasteiger charge is -2.29. The first kappa shape index (κ1) is 26.0. The van der Waals surface area contributed by atoms with Crippen molar-refractivity contribution in [2.45, 2.75) is 52.7 Å². The Hall–Kier alpha value is -4.07. The third kappa shape index (κ3) is 5.85. The van der Waals surface area contributed by atoms with Crippen molar-refractivity contribution in [2.24, 2.45) is 0 Å². The molecule has 1 aliphatic heterocycles. The molecule has 3 aromatic rings. The number of amides is 1. The van der Waals surface area contributed by atoms with Gasteiger partial charge in [0.1, 0.15) is 16.9 Å². The van der Waals surface area contributed by atoms with Crippen LogP contribution >= 0.6 is 0 Å². The Morgan fingerprint density at radius 2 is 1.89 bits per heavy atom. The second-order valence-corrected chi connectivity index (χ2v) is 10.3. The van der Waals surface area contributed by atoms with E-state index in [4.69, 9.17) is 9.15 Å². The van der Waals surface area contributed by atoms with Gasteiger partial charge in [0.25, 0.3) is 0 Å². The van der Waals surface area contributed by atoms with Gasteiger partial charge in [-0.25, -0.2) is 9.59 Å². The van der Waals surface area contributed by atoms with Crippen LogP contribution in [0.15, 0.2) is 57.8 Å². The zero-order valence-corrected chi connectivity index (χ0v) is 21.8. The molecule has 194 valence electrons. The first-order valence-electron chi connectivity index (χ1n) is 12.3. The summed E-state index contributed by atoms with van der Waals surface area (Å²) in [7, 11) is 0. The highest BCUT2D eigenvalue weighted by Gasteiger charge is 2.25. The molecule has 2 aromatic carbocycles. The summed E-state index contributed by atoms with van der Waals surface area (Å²) in [6.07, 6.45) is 2.03. The third-order valence-corrected chi connectivity index (χ3v) is 6.17. The molecule has 37 heavy (non-hydrogen) atoms. The van der Waals surface area contributed by atoms with E-state index in [1.807, 2.05) is 46.8 Å². The number of carboxylic acid groups (broad SMARTS) is 1. The van der Waals surface area contributed by atoms with Crippen LogP contribution in [0.3, 0.4) is 0 Å². The van der Waals surface area contributed by atoms with E-state index in [9.17, 15) is 19.5 Å². The molecule has 0 radical (unpaired) electrons. The fourth-order valence-electron chi connectivity index (χ4n) is 4.41. The molecule has 0 fully saturated rings. The molecule has 1 unspecified atom stereocenters. The minimum Gasteiger partial charge on any atom is -0.478 e. The molecular weight excluding hydrogens is 472 g/mol. The van der Waals surface area contributed by atoms with E-state index in [0.29, 0.717) is 41.9 Å². The van der Waals surface area contributed by atoms with Gasteiger partial charge in [0.05, 0.1) is 17.0 Å². The minimum absolute atomic E-state index is 0.158. The van der Waals surface area contributed by atoms with Crippen LogP contribution in [0.5, 0.6) is 0 Å². The van der Waals surface area contributed by atoms with E-state index in [-0.39, 0.29) is 23.1 Å². The van der Waals surface area contributed by atoms with Gasteiger partial charge >= 0.3 is 12.1 Å². The Bertz CT molecular complexity index is 1450. The molecule has 2 N–H and O–H groups in total. The average molecular weight is 505 g/mol. The summed E-state index contributed by atoms with van der Waals surface area (Å²) >= 11 is 0. The summed E-state index contributed by atoms with van der Waals surface area (Å²) in [5.41, 5.74) is 2.86. The van der Waals surface area contributed by atoms with E-state index >= 15 is 0 Å². The number of nitrogens with one attached hydrogen (secondary N) is 1. The first-order chi connectivity index (χ1) is 17.4. The van der Waals surface area contributed by atoms with Gasteiger partial charge in [-0.2, -0.15) is 0 Å². The number of carbonyl (C=O) groups is 2. The predicted octanol–water partition coefficient (Wildman–Crippen LogP) is 6.00. The van der Waals surface area contributed by atoms with Gasteiger partial charge in [-0.1, -0.05) is 24.3 Å². The van der Waals surface area contributed by atoms with Crippen LogP contribution in [0, 0.1) is 6.92 Å². The van der Waals surface area contributed by atoms with E-state index in [2.05, 4.69) is 5.32 Å². The molecule has 0 saturated carbocycles. The minimum atomic E-state index is -1.03. The van der Waals surface area contributed by atoms with Crippen molar-refractivity contribution >= 4 is 34.3 Å². The number of carboxylic acids is 1. The lowest BCUT2D eigenvalue weighted by atomic mass is 9.99. The van der Waals surface area contributed by atoms with Crippen molar-refractivity contribution in [1.82, 2.24) is 4.90 Å². The highest BCUT2D eigenvalue weighted by Crippen LogP contribution is 2.31. The number of para-hydroxylation sites is 1. The normalized spacial score (nSPS) is 14.7. The van der Waals surface area contributed by atoms with Crippen molar-refractivity contribution in [1.29, 1.82) is 0 Å². The first-order valence-corrected chi connectivity index (χ1v) is 12.3. The number of fused-ring (bicyclic) bond motifs is 1. The smallest absolute Gasteiger partial charge is 0.410 e. The summed E-state index contributed by atoms with van der Waals surface area (Å²) in [6.45, 7) is 10.1. The summed E-state index contributed by atoms with van der Waals surface area (Å²) in [6, 6.07) is 11.6. The van der Waals surface area contributed by atoms with Crippen molar-refractivity contribution < 1.29 is 23.8 Å². The highest BCUT2D eigenvalue weighted by molar-refractivity contribution is 5.94. The number of rotatable bonds is 5. The molecule has 1 aliphatic rings. The maximum absolute atomic E-state index is 13.1. The zero-order valence-electron chi connectivity index (χ0n) is 21.8. The number of anilines is 1. The van der Waals surface area contributed by atoms with Gasteiger partial charge in [0.2, 0.25) is 0 Å². The van der Waals surface area contributed by atoms with Crippen molar-refractivity contribution in [2.75, 3.05) is 18.4 Å². The Kier molecular flexibility index (Phi) is 7.12. The van der Waals surface area contributed by atoms with Crippen LogP contribution in [-0.2, 0) is 4.74 Å². The highest BCUT2D eigenvalue weighted by atomic mass is 16.6. The summed E-state index contributed by atoms with van der Waals surface area (Å²) in [5.74, 6) is -0.563. The van der Waals surface area contributed by atoms with Crippen LogP contribution in [-0.4, -0.2) is 40.8 Å². The number of hydrogen-bond acceptors (Lipinski definition) is 6. The number of aromatic carboxylic acids is 1. The fraction of sp³-hybridized carbons (Fsp3) is 0.345. The largest absolute Gasteiger partial charge is 0.478 e. The zero-order chi connectivity index (χ0) is 26.9. The molecule has 8 heteroatoms. The van der Waals surface area contributed by atoms with Gasteiger partial charge in [-0.15, -0.1) is 0 Å².